The Hall–Kier alpha value is -2.34. The summed E-state index contributed by atoms with van der Waals surface area (Å²) in [5.41, 5.74) is 0.797. The Bertz CT molecular complexity index is 1400. The third-order valence-electron chi connectivity index (χ3n) is 6.50. The number of halogens is 3. The average Bonchev–Trinajstić information content (AvgIpc) is 2.93. The van der Waals surface area contributed by atoms with Crippen LogP contribution in [0.25, 0.3) is 0 Å². The van der Waals surface area contributed by atoms with Gasteiger partial charge in [-0.15, -0.1) is 0 Å². The molecule has 0 spiro atoms. The van der Waals surface area contributed by atoms with Crippen LogP contribution >= 0.6 is 45.8 Å². The Morgan fingerprint density at radius 2 is 1.50 bits per heavy atom. The van der Waals surface area contributed by atoms with Crippen molar-refractivity contribution in [2.45, 2.75) is 57.1 Å². The highest BCUT2D eigenvalue weighted by Crippen LogP contribution is 2.29. The molecular formula is C29H32Cl2IN3O4S. The van der Waals surface area contributed by atoms with E-state index >= 15 is 0 Å². The van der Waals surface area contributed by atoms with E-state index in [0.717, 1.165) is 7.88 Å². The second-order valence-corrected chi connectivity index (χ2v) is 13.2. The second kappa shape index (κ2) is 14.5. The van der Waals surface area contributed by atoms with Crippen LogP contribution in [0.4, 0.5) is 5.69 Å². The summed E-state index contributed by atoms with van der Waals surface area (Å²) in [5.74, 6) is -0.902. The molecule has 0 unspecified atom stereocenters. The number of benzene rings is 3. The summed E-state index contributed by atoms with van der Waals surface area (Å²) in [7, 11) is -4.13. The predicted molar refractivity (Wildman–Crippen MR) is 169 cm³/mol. The first kappa shape index (κ1) is 32.2. The number of hydrogen-bond donors (Lipinski definition) is 1. The molecule has 3 aromatic rings. The molecule has 0 aliphatic carbocycles. The molecule has 0 heterocycles. The molecule has 40 heavy (non-hydrogen) atoms. The largest absolute Gasteiger partial charge is 0.352 e. The smallest absolute Gasteiger partial charge is 0.264 e. The number of amides is 2. The lowest BCUT2D eigenvalue weighted by molar-refractivity contribution is -0.140. The molecule has 2 amide bonds. The van der Waals surface area contributed by atoms with Crippen molar-refractivity contribution >= 4 is 73.3 Å². The number of rotatable bonds is 12. The Morgan fingerprint density at radius 1 is 0.900 bits per heavy atom. The molecule has 0 fully saturated rings. The SMILES string of the molecule is CC[C@@H](C)NC(=O)[C@H](CC)N(Cc1c(Cl)cccc1Cl)C(=O)CN(c1ccc(I)cc1)S(=O)(=O)c1ccccc1. The first-order valence-corrected chi connectivity index (χ1v) is 16.1. The summed E-state index contributed by atoms with van der Waals surface area (Å²) >= 11 is 15.0. The average molecular weight is 716 g/mol. The van der Waals surface area contributed by atoms with E-state index in [1.807, 2.05) is 13.8 Å². The molecular weight excluding hydrogens is 684 g/mol. The number of carbonyl (C=O) groups excluding carboxylic acids is 2. The number of anilines is 1. The van der Waals surface area contributed by atoms with Gasteiger partial charge in [-0.3, -0.25) is 13.9 Å². The van der Waals surface area contributed by atoms with Crippen LogP contribution in [-0.4, -0.2) is 43.8 Å². The lowest BCUT2D eigenvalue weighted by Gasteiger charge is -2.34. The Balaban J connectivity index is 2.08. The van der Waals surface area contributed by atoms with Gasteiger partial charge in [-0.05, 0) is 90.9 Å². The lowest BCUT2D eigenvalue weighted by atomic mass is 10.1. The van der Waals surface area contributed by atoms with Gasteiger partial charge < -0.3 is 10.2 Å². The molecule has 0 aromatic heterocycles. The molecule has 0 saturated heterocycles. The molecule has 0 saturated carbocycles. The van der Waals surface area contributed by atoms with Gasteiger partial charge in [0.1, 0.15) is 12.6 Å². The molecule has 0 aliphatic heterocycles. The molecule has 1 N–H and O–H groups in total. The topological polar surface area (TPSA) is 86.8 Å². The minimum atomic E-state index is -4.13. The maximum atomic E-state index is 14.1. The van der Waals surface area contributed by atoms with Crippen LogP contribution in [0, 0.1) is 3.57 Å². The Labute approximate surface area is 260 Å². The minimum absolute atomic E-state index is 0.0450. The van der Waals surface area contributed by atoms with Gasteiger partial charge in [-0.2, -0.15) is 0 Å². The van der Waals surface area contributed by atoms with E-state index in [-0.39, 0.29) is 23.4 Å². The maximum Gasteiger partial charge on any atom is 0.264 e. The Morgan fingerprint density at radius 3 is 2.05 bits per heavy atom. The van der Waals surface area contributed by atoms with E-state index in [0.29, 0.717) is 34.1 Å². The van der Waals surface area contributed by atoms with Gasteiger partial charge in [-0.1, -0.05) is 61.3 Å². The van der Waals surface area contributed by atoms with E-state index in [1.165, 1.54) is 17.0 Å². The molecule has 3 aromatic carbocycles. The fourth-order valence-corrected chi connectivity index (χ4v) is 6.38. The highest BCUT2D eigenvalue weighted by atomic mass is 127. The molecule has 0 bridgehead atoms. The second-order valence-electron chi connectivity index (χ2n) is 9.26. The van der Waals surface area contributed by atoms with Gasteiger partial charge in [0.15, 0.2) is 0 Å². The first-order valence-electron chi connectivity index (χ1n) is 12.9. The highest BCUT2D eigenvalue weighted by Gasteiger charge is 2.34. The molecule has 11 heteroatoms. The van der Waals surface area contributed by atoms with Crippen LogP contribution in [0.2, 0.25) is 10.0 Å². The fraction of sp³-hybridized carbons (Fsp3) is 0.310. The number of nitrogens with zero attached hydrogens (tertiary/aromatic N) is 2. The van der Waals surface area contributed by atoms with Crippen molar-refractivity contribution < 1.29 is 18.0 Å². The van der Waals surface area contributed by atoms with Gasteiger partial charge in [0.25, 0.3) is 10.0 Å². The Kier molecular flexibility index (Phi) is 11.7. The van der Waals surface area contributed by atoms with Crippen LogP contribution < -0.4 is 9.62 Å². The standard InChI is InChI=1S/C29H32Cl2IN3O4S/c1-4-20(3)33-29(37)27(5-2)34(18-24-25(30)12-9-13-26(24)31)28(36)19-35(22-16-14-21(32)15-17-22)40(38,39)23-10-7-6-8-11-23/h6-17,20,27H,4-5,18-19H2,1-3H3,(H,33,37)/t20-,27+/m1/s1. The van der Waals surface area contributed by atoms with Crippen LogP contribution in [0.5, 0.6) is 0 Å². The zero-order chi connectivity index (χ0) is 29.4. The zero-order valence-electron chi connectivity index (χ0n) is 22.5. The van der Waals surface area contributed by atoms with Crippen LogP contribution in [-0.2, 0) is 26.2 Å². The summed E-state index contributed by atoms with van der Waals surface area (Å²) < 4.78 is 29.6. The van der Waals surface area contributed by atoms with E-state index in [2.05, 4.69) is 27.9 Å². The molecule has 2 atom stereocenters. The zero-order valence-corrected chi connectivity index (χ0v) is 27.0. The predicted octanol–water partition coefficient (Wildman–Crippen LogP) is 6.52. The van der Waals surface area contributed by atoms with Crippen molar-refractivity contribution in [2.75, 3.05) is 10.8 Å². The van der Waals surface area contributed by atoms with E-state index in [4.69, 9.17) is 23.2 Å². The number of carbonyl (C=O) groups is 2. The first-order chi connectivity index (χ1) is 19.0. The van der Waals surface area contributed by atoms with Crippen LogP contribution in [0.1, 0.15) is 39.2 Å². The molecule has 214 valence electrons. The summed E-state index contributed by atoms with van der Waals surface area (Å²) in [6, 6.07) is 18.8. The molecule has 7 nitrogen and oxygen atoms in total. The van der Waals surface area contributed by atoms with Crippen LogP contribution in [0.15, 0.2) is 77.7 Å². The van der Waals surface area contributed by atoms with Crippen molar-refractivity contribution in [3.8, 4) is 0 Å². The van der Waals surface area contributed by atoms with E-state index < -0.39 is 28.5 Å². The number of nitrogens with one attached hydrogen (secondary N) is 1. The van der Waals surface area contributed by atoms with Crippen molar-refractivity contribution in [1.82, 2.24) is 10.2 Å². The summed E-state index contributed by atoms with van der Waals surface area (Å²) in [4.78, 5) is 28.9. The van der Waals surface area contributed by atoms with Gasteiger partial charge in [0.05, 0.1) is 10.6 Å². The number of sulfonamides is 1. The summed E-state index contributed by atoms with van der Waals surface area (Å²) in [6.45, 7) is 5.02. The van der Waals surface area contributed by atoms with Gasteiger partial charge in [0, 0.05) is 31.8 Å². The third kappa shape index (κ3) is 7.90. The van der Waals surface area contributed by atoms with E-state index in [1.54, 1.807) is 67.6 Å². The van der Waals surface area contributed by atoms with Crippen molar-refractivity contribution in [2.24, 2.45) is 0 Å². The monoisotopic (exact) mass is 715 g/mol. The molecule has 3 rings (SSSR count). The molecule has 0 aliphatic rings. The number of hydrogen-bond acceptors (Lipinski definition) is 4. The third-order valence-corrected chi connectivity index (χ3v) is 9.72. The highest BCUT2D eigenvalue weighted by molar-refractivity contribution is 14.1. The maximum absolute atomic E-state index is 14.1. The summed E-state index contributed by atoms with van der Waals surface area (Å²) in [5, 5.41) is 3.63. The van der Waals surface area contributed by atoms with Crippen molar-refractivity contribution in [3.63, 3.8) is 0 Å². The van der Waals surface area contributed by atoms with E-state index in [9.17, 15) is 18.0 Å². The molecule has 0 radical (unpaired) electrons. The fourth-order valence-electron chi connectivity index (χ4n) is 4.07. The van der Waals surface area contributed by atoms with Crippen molar-refractivity contribution in [1.29, 1.82) is 0 Å². The lowest BCUT2D eigenvalue weighted by Crippen LogP contribution is -2.53. The van der Waals surface area contributed by atoms with Crippen molar-refractivity contribution in [3.05, 3.63) is 92.0 Å². The normalized spacial score (nSPS) is 12.8. The van der Waals surface area contributed by atoms with Crippen LogP contribution in [0.3, 0.4) is 0 Å². The summed E-state index contributed by atoms with van der Waals surface area (Å²) in [6.07, 6.45) is 1.01. The van der Waals surface area contributed by atoms with Gasteiger partial charge >= 0.3 is 0 Å². The van der Waals surface area contributed by atoms with Gasteiger partial charge in [0.2, 0.25) is 11.8 Å². The minimum Gasteiger partial charge on any atom is -0.352 e. The quantitative estimate of drug-likeness (QED) is 0.217. The van der Waals surface area contributed by atoms with Gasteiger partial charge in [-0.25, -0.2) is 8.42 Å².